The molecule has 25 heavy (non-hydrogen) atoms. The van der Waals surface area contributed by atoms with E-state index in [9.17, 15) is 14.4 Å². The van der Waals surface area contributed by atoms with Crippen LogP contribution in [0.15, 0.2) is 46.4 Å². The van der Waals surface area contributed by atoms with Crippen molar-refractivity contribution in [3.63, 3.8) is 0 Å². The van der Waals surface area contributed by atoms with Crippen LogP contribution in [0.2, 0.25) is 0 Å². The van der Waals surface area contributed by atoms with Crippen LogP contribution in [0.25, 0.3) is 17.4 Å². The van der Waals surface area contributed by atoms with E-state index >= 15 is 0 Å². The summed E-state index contributed by atoms with van der Waals surface area (Å²) in [5.41, 5.74) is 0.246. The minimum atomic E-state index is -0.484. The molecule has 1 atom stereocenters. The number of hydrogen-bond donors (Lipinski definition) is 1. The summed E-state index contributed by atoms with van der Waals surface area (Å²) in [4.78, 5) is 12.1. The highest BCUT2D eigenvalue weighted by atomic mass is 19.1. The molecule has 0 saturated carbocycles. The van der Waals surface area contributed by atoms with Crippen molar-refractivity contribution in [1.29, 1.82) is 5.26 Å². The second-order valence-corrected chi connectivity index (χ2v) is 5.70. The van der Waals surface area contributed by atoms with Crippen LogP contribution >= 0.6 is 0 Å². The third-order valence-corrected chi connectivity index (χ3v) is 3.93. The summed E-state index contributed by atoms with van der Waals surface area (Å²) in [6, 6.07) is 11.3. The maximum absolute atomic E-state index is 13.8. The molecule has 128 valence electrons. The molecule has 1 amide bonds. The molecule has 1 N–H and O–H groups in total. The molecule has 1 fully saturated rings. The molecule has 2 heterocycles. The van der Waals surface area contributed by atoms with E-state index in [4.69, 9.17) is 9.15 Å². The average Bonchev–Trinajstić information content (AvgIpc) is 3.30. The number of nitrogens with one attached hydrogen (secondary N) is 1. The quantitative estimate of drug-likeness (QED) is 0.669. The predicted molar refractivity (Wildman–Crippen MR) is 89.7 cm³/mol. The molecule has 0 spiro atoms. The number of rotatable bonds is 5. The van der Waals surface area contributed by atoms with E-state index in [-0.39, 0.29) is 11.7 Å². The maximum Gasteiger partial charge on any atom is 0.262 e. The van der Waals surface area contributed by atoms with Gasteiger partial charge in [-0.15, -0.1) is 0 Å². The third-order valence-electron chi connectivity index (χ3n) is 3.93. The van der Waals surface area contributed by atoms with E-state index in [1.54, 1.807) is 30.3 Å². The number of nitriles is 1. The Morgan fingerprint density at radius 2 is 2.20 bits per heavy atom. The van der Waals surface area contributed by atoms with Gasteiger partial charge in [-0.25, -0.2) is 4.39 Å². The monoisotopic (exact) mass is 340 g/mol. The fraction of sp³-hybridized carbons (Fsp3) is 0.263. The Hall–Kier alpha value is -2.91. The molecule has 5 nitrogen and oxygen atoms in total. The molecular formula is C19H17FN2O3. The Labute approximate surface area is 144 Å². The maximum atomic E-state index is 13.8. The zero-order valence-electron chi connectivity index (χ0n) is 13.5. The van der Waals surface area contributed by atoms with Crippen molar-refractivity contribution < 1.29 is 18.3 Å². The van der Waals surface area contributed by atoms with E-state index in [0.717, 1.165) is 12.8 Å². The van der Waals surface area contributed by atoms with Crippen molar-refractivity contribution in [2.75, 3.05) is 13.2 Å². The topological polar surface area (TPSA) is 75.3 Å². The number of carbonyl (C=O) groups excluding carboxylic acids is 1. The number of amides is 1. The highest BCUT2D eigenvalue weighted by Gasteiger charge is 2.18. The van der Waals surface area contributed by atoms with Crippen LogP contribution in [0.1, 0.15) is 18.6 Å². The molecular weight excluding hydrogens is 323 g/mol. The number of hydrogen-bond acceptors (Lipinski definition) is 4. The average molecular weight is 340 g/mol. The molecule has 0 radical (unpaired) electrons. The summed E-state index contributed by atoms with van der Waals surface area (Å²) >= 11 is 0. The van der Waals surface area contributed by atoms with Crippen molar-refractivity contribution >= 4 is 12.0 Å². The van der Waals surface area contributed by atoms with Crippen molar-refractivity contribution in [2.24, 2.45) is 0 Å². The first-order valence-electron chi connectivity index (χ1n) is 8.03. The summed E-state index contributed by atoms with van der Waals surface area (Å²) in [6.45, 7) is 1.07. The van der Waals surface area contributed by atoms with Gasteiger partial charge in [0.15, 0.2) is 0 Å². The first-order valence-corrected chi connectivity index (χ1v) is 8.03. The lowest BCUT2D eigenvalue weighted by atomic mass is 10.1. The predicted octanol–water partition coefficient (Wildman–Crippen LogP) is 3.29. The first-order chi connectivity index (χ1) is 12.2. The standard InChI is InChI=1S/C19H17FN2O3/c20-17-6-2-1-5-16(17)18-8-7-14(25-18)10-13(11-21)19(23)22-12-15-4-3-9-24-15/h1-2,5-8,10,15H,3-4,9,12H2,(H,22,23)/b13-10+. The van der Waals surface area contributed by atoms with Gasteiger partial charge in [-0.05, 0) is 37.1 Å². The molecule has 6 heteroatoms. The molecule has 1 unspecified atom stereocenters. The fourth-order valence-electron chi connectivity index (χ4n) is 2.63. The van der Waals surface area contributed by atoms with Gasteiger partial charge in [-0.3, -0.25) is 4.79 Å². The summed E-state index contributed by atoms with van der Waals surface area (Å²) < 4.78 is 24.8. The highest BCUT2D eigenvalue weighted by Crippen LogP contribution is 2.25. The molecule has 0 bridgehead atoms. The van der Waals surface area contributed by atoms with Crippen molar-refractivity contribution in [1.82, 2.24) is 5.32 Å². The summed E-state index contributed by atoms with van der Waals surface area (Å²) in [5, 5.41) is 11.9. The molecule has 1 aromatic heterocycles. The zero-order chi connectivity index (χ0) is 17.6. The second-order valence-electron chi connectivity index (χ2n) is 5.70. The molecule has 1 saturated heterocycles. The van der Waals surface area contributed by atoms with Gasteiger partial charge >= 0.3 is 0 Å². The number of ether oxygens (including phenoxy) is 1. The van der Waals surface area contributed by atoms with Crippen molar-refractivity contribution in [2.45, 2.75) is 18.9 Å². The van der Waals surface area contributed by atoms with Crippen LogP contribution in [0, 0.1) is 17.1 Å². The van der Waals surface area contributed by atoms with E-state index in [1.807, 2.05) is 6.07 Å². The smallest absolute Gasteiger partial charge is 0.262 e. The van der Waals surface area contributed by atoms with Gasteiger partial charge in [0.2, 0.25) is 0 Å². The minimum absolute atomic E-state index is 0.000152. The lowest BCUT2D eigenvalue weighted by Gasteiger charge is -2.09. The number of benzene rings is 1. The Bertz CT molecular complexity index is 829. The van der Waals surface area contributed by atoms with Gasteiger partial charge in [-0.2, -0.15) is 5.26 Å². The minimum Gasteiger partial charge on any atom is -0.457 e. The molecule has 3 rings (SSSR count). The lowest BCUT2D eigenvalue weighted by Crippen LogP contribution is -2.32. The summed E-state index contributed by atoms with van der Waals surface area (Å²) in [6.07, 6.45) is 3.22. The van der Waals surface area contributed by atoms with Gasteiger partial charge in [0.1, 0.15) is 29.0 Å². The van der Waals surface area contributed by atoms with Gasteiger partial charge in [0.25, 0.3) is 5.91 Å². The van der Waals surface area contributed by atoms with E-state index in [1.165, 1.54) is 12.1 Å². The highest BCUT2D eigenvalue weighted by molar-refractivity contribution is 6.01. The third kappa shape index (κ3) is 4.14. The lowest BCUT2D eigenvalue weighted by molar-refractivity contribution is -0.117. The molecule has 0 aliphatic carbocycles. The SMILES string of the molecule is N#C/C(=C\c1ccc(-c2ccccc2F)o1)C(=O)NCC1CCCO1. The van der Waals surface area contributed by atoms with Gasteiger partial charge in [-0.1, -0.05) is 12.1 Å². The van der Waals surface area contributed by atoms with Crippen LogP contribution in [0.3, 0.4) is 0 Å². The normalized spacial score (nSPS) is 17.3. The Morgan fingerprint density at radius 1 is 1.36 bits per heavy atom. The Balaban J connectivity index is 1.71. The molecule has 1 aromatic carbocycles. The summed E-state index contributed by atoms with van der Waals surface area (Å²) in [5.74, 6) is -0.243. The number of halogens is 1. The largest absolute Gasteiger partial charge is 0.457 e. The Kier molecular flexibility index (Phi) is 5.26. The van der Waals surface area contributed by atoms with Gasteiger partial charge in [0.05, 0.1) is 11.7 Å². The fourth-order valence-corrected chi connectivity index (χ4v) is 2.63. The van der Waals surface area contributed by atoms with E-state index in [2.05, 4.69) is 5.32 Å². The van der Waals surface area contributed by atoms with Crippen LogP contribution in [0.4, 0.5) is 4.39 Å². The van der Waals surface area contributed by atoms with Crippen LogP contribution < -0.4 is 5.32 Å². The summed E-state index contributed by atoms with van der Waals surface area (Å²) in [7, 11) is 0. The number of furan rings is 1. The number of nitrogens with zero attached hydrogens (tertiary/aromatic N) is 1. The van der Waals surface area contributed by atoms with E-state index < -0.39 is 11.7 Å². The molecule has 2 aromatic rings. The van der Waals surface area contributed by atoms with Crippen molar-refractivity contribution in [3.05, 3.63) is 53.5 Å². The van der Waals surface area contributed by atoms with Crippen LogP contribution in [0.5, 0.6) is 0 Å². The van der Waals surface area contributed by atoms with Crippen LogP contribution in [-0.2, 0) is 9.53 Å². The van der Waals surface area contributed by atoms with Gasteiger partial charge in [0, 0.05) is 19.2 Å². The second kappa shape index (κ2) is 7.77. The Morgan fingerprint density at radius 3 is 2.92 bits per heavy atom. The molecule has 1 aliphatic heterocycles. The van der Waals surface area contributed by atoms with E-state index in [0.29, 0.717) is 30.2 Å². The van der Waals surface area contributed by atoms with Crippen molar-refractivity contribution in [3.8, 4) is 17.4 Å². The first kappa shape index (κ1) is 16.9. The molecule has 1 aliphatic rings. The zero-order valence-corrected chi connectivity index (χ0v) is 13.5. The number of carbonyl (C=O) groups is 1. The van der Waals surface area contributed by atoms with Crippen LogP contribution in [-0.4, -0.2) is 25.2 Å². The van der Waals surface area contributed by atoms with Gasteiger partial charge < -0.3 is 14.5 Å².